The van der Waals surface area contributed by atoms with Gasteiger partial charge in [0.15, 0.2) is 0 Å². The molecule has 0 aliphatic carbocycles. The van der Waals surface area contributed by atoms with Crippen molar-refractivity contribution >= 4 is 17.4 Å². The van der Waals surface area contributed by atoms with Crippen molar-refractivity contribution in [2.24, 2.45) is 5.92 Å². The second kappa shape index (κ2) is 5.72. The van der Waals surface area contributed by atoms with Gasteiger partial charge in [0.05, 0.1) is 9.82 Å². The number of nitro benzene ring substituents is 1. The molecule has 4 nitrogen and oxygen atoms in total. The molecule has 0 bridgehead atoms. The fraction of sp³-hybridized carbons (Fsp3) is 0.400. The molecule has 0 spiro atoms. The van der Waals surface area contributed by atoms with E-state index < -0.39 is 0 Å². The van der Waals surface area contributed by atoms with Gasteiger partial charge in [-0.05, 0) is 12.0 Å². The SMILES string of the molecule is CC(CO)CSc1ccccc1[N+](=O)[O-]. The zero-order valence-corrected chi connectivity index (χ0v) is 9.24. The smallest absolute Gasteiger partial charge is 0.282 e. The van der Waals surface area contributed by atoms with Gasteiger partial charge in [-0.25, -0.2) is 0 Å². The maximum atomic E-state index is 10.7. The molecule has 1 aromatic carbocycles. The summed E-state index contributed by atoms with van der Waals surface area (Å²) in [7, 11) is 0. The van der Waals surface area contributed by atoms with Gasteiger partial charge in [0.1, 0.15) is 0 Å². The summed E-state index contributed by atoms with van der Waals surface area (Å²) >= 11 is 1.41. The number of nitro groups is 1. The summed E-state index contributed by atoms with van der Waals surface area (Å²) in [6.45, 7) is 2.01. The number of benzene rings is 1. The van der Waals surface area contributed by atoms with E-state index in [4.69, 9.17) is 5.11 Å². The van der Waals surface area contributed by atoms with E-state index in [1.807, 2.05) is 6.92 Å². The molecule has 0 fully saturated rings. The van der Waals surface area contributed by atoms with Crippen LogP contribution in [-0.4, -0.2) is 22.4 Å². The van der Waals surface area contributed by atoms with Gasteiger partial charge in [-0.15, -0.1) is 11.8 Å². The van der Waals surface area contributed by atoms with Crippen LogP contribution < -0.4 is 0 Å². The van der Waals surface area contributed by atoms with Crippen LogP contribution in [0.3, 0.4) is 0 Å². The predicted molar refractivity (Wildman–Crippen MR) is 60.1 cm³/mol. The number of rotatable bonds is 5. The number of thioether (sulfide) groups is 1. The molecule has 1 aromatic rings. The molecule has 1 N–H and O–H groups in total. The van der Waals surface area contributed by atoms with Crippen molar-refractivity contribution in [3.8, 4) is 0 Å². The lowest BCUT2D eigenvalue weighted by atomic mass is 10.2. The Labute approximate surface area is 92.5 Å². The van der Waals surface area contributed by atoms with E-state index in [9.17, 15) is 10.1 Å². The summed E-state index contributed by atoms with van der Waals surface area (Å²) in [5.74, 6) is 0.830. The molecule has 0 aromatic heterocycles. The van der Waals surface area contributed by atoms with Gasteiger partial charge in [-0.1, -0.05) is 19.1 Å². The molecule has 1 rings (SSSR count). The largest absolute Gasteiger partial charge is 0.396 e. The highest BCUT2D eigenvalue weighted by Gasteiger charge is 2.13. The monoisotopic (exact) mass is 227 g/mol. The summed E-state index contributed by atoms with van der Waals surface area (Å²) in [6.07, 6.45) is 0. The average Bonchev–Trinajstić information content (AvgIpc) is 2.26. The van der Waals surface area contributed by atoms with Crippen LogP contribution in [0.4, 0.5) is 5.69 Å². The molecule has 1 unspecified atom stereocenters. The molecule has 5 heteroatoms. The van der Waals surface area contributed by atoms with Gasteiger partial charge in [0, 0.05) is 18.4 Å². The molecule has 1 atom stereocenters. The minimum atomic E-state index is -0.383. The van der Waals surface area contributed by atoms with Gasteiger partial charge in [0.2, 0.25) is 0 Å². The fourth-order valence-electron chi connectivity index (χ4n) is 1.01. The second-order valence-electron chi connectivity index (χ2n) is 3.32. The summed E-state index contributed by atoms with van der Waals surface area (Å²) in [4.78, 5) is 11.0. The van der Waals surface area contributed by atoms with E-state index >= 15 is 0 Å². The zero-order chi connectivity index (χ0) is 11.3. The van der Waals surface area contributed by atoms with Gasteiger partial charge in [-0.2, -0.15) is 0 Å². The Morgan fingerprint density at radius 1 is 1.53 bits per heavy atom. The third-order valence-electron chi connectivity index (χ3n) is 1.90. The van der Waals surface area contributed by atoms with Gasteiger partial charge in [0.25, 0.3) is 5.69 Å². The number of para-hydroxylation sites is 1. The normalized spacial score (nSPS) is 12.4. The average molecular weight is 227 g/mol. The van der Waals surface area contributed by atoms with E-state index in [0.717, 1.165) is 0 Å². The van der Waals surface area contributed by atoms with E-state index in [2.05, 4.69) is 0 Å². The van der Waals surface area contributed by atoms with Crippen LogP contribution in [0.25, 0.3) is 0 Å². The van der Waals surface area contributed by atoms with E-state index in [-0.39, 0.29) is 23.1 Å². The number of hydrogen-bond acceptors (Lipinski definition) is 4. The van der Waals surface area contributed by atoms with Crippen molar-refractivity contribution in [3.63, 3.8) is 0 Å². The Morgan fingerprint density at radius 3 is 2.80 bits per heavy atom. The summed E-state index contributed by atoms with van der Waals surface area (Å²) in [6, 6.07) is 6.65. The summed E-state index contributed by atoms with van der Waals surface area (Å²) in [5, 5.41) is 19.5. The van der Waals surface area contributed by atoms with Gasteiger partial charge >= 0.3 is 0 Å². The number of aliphatic hydroxyl groups excluding tert-OH is 1. The van der Waals surface area contributed by atoms with Crippen molar-refractivity contribution in [2.45, 2.75) is 11.8 Å². The van der Waals surface area contributed by atoms with Crippen LogP contribution in [0, 0.1) is 16.0 Å². The molecular formula is C10H13NO3S. The topological polar surface area (TPSA) is 63.4 Å². The number of aliphatic hydroxyl groups is 1. The van der Waals surface area contributed by atoms with Gasteiger partial charge < -0.3 is 5.11 Å². The Bertz CT molecular complexity index is 343. The minimum absolute atomic E-state index is 0.105. The highest BCUT2D eigenvalue weighted by Crippen LogP contribution is 2.29. The minimum Gasteiger partial charge on any atom is -0.396 e. The molecular weight excluding hydrogens is 214 g/mol. The Balaban J connectivity index is 2.72. The summed E-state index contributed by atoms with van der Waals surface area (Å²) in [5.41, 5.74) is 0.132. The molecule has 15 heavy (non-hydrogen) atoms. The molecule has 0 aliphatic rings. The lowest BCUT2D eigenvalue weighted by molar-refractivity contribution is -0.387. The van der Waals surface area contributed by atoms with Crippen molar-refractivity contribution in [1.82, 2.24) is 0 Å². The van der Waals surface area contributed by atoms with E-state index in [1.54, 1.807) is 18.2 Å². The standard InChI is InChI=1S/C10H13NO3S/c1-8(6-12)7-15-10-5-3-2-4-9(10)11(13)14/h2-5,8,12H,6-7H2,1H3. The van der Waals surface area contributed by atoms with Crippen LogP contribution in [0.2, 0.25) is 0 Å². The quantitative estimate of drug-likeness (QED) is 0.476. The first kappa shape index (κ1) is 12.0. The maximum absolute atomic E-state index is 10.7. The highest BCUT2D eigenvalue weighted by atomic mass is 32.2. The molecule has 0 radical (unpaired) electrons. The lowest BCUT2D eigenvalue weighted by Crippen LogP contribution is -2.03. The third-order valence-corrected chi connectivity index (χ3v) is 3.29. The van der Waals surface area contributed by atoms with Crippen LogP contribution in [-0.2, 0) is 0 Å². The van der Waals surface area contributed by atoms with E-state index in [0.29, 0.717) is 10.6 Å². The Kier molecular flexibility index (Phi) is 4.58. The second-order valence-corrected chi connectivity index (χ2v) is 4.39. The van der Waals surface area contributed by atoms with Crippen LogP contribution >= 0.6 is 11.8 Å². The Morgan fingerprint density at radius 2 is 2.20 bits per heavy atom. The van der Waals surface area contributed by atoms with Crippen molar-refractivity contribution in [2.75, 3.05) is 12.4 Å². The molecule has 0 saturated heterocycles. The molecule has 0 aliphatic heterocycles. The number of nitrogens with zero attached hydrogens (tertiary/aromatic N) is 1. The fourth-order valence-corrected chi connectivity index (χ4v) is 2.05. The lowest BCUT2D eigenvalue weighted by Gasteiger charge is -2.06. The first-order valence-corrected chi connectivity index (χ1v) is 5.60. The van der Waals surface area contributed by atoms with Crippen LogP contribution in [0.15, 0.2) is 29.2 Å². The van der Waals surface area contributed by atoms with Crippen molar-refractivity contribution in [1.29, 1.82) is 0 Å². The van der Waals surface area contributed by atoms with Crippen LogP contribution in [0.1, 0.15) is 6.92 Å². The molecule has 0 heterocycles. The van der Waals surface area contributed by atoms with Gasteiger partial charge in [-0.3, -0.25) is 10.1 Å². The van der Waals surface area contributed by atoms with Crippen molar-refractivity contribution < 1.29 is 10.0 Å². The Hall–Kier alpha value is -1.07. The molecule has 82 valence electrons. The van der Waals surface area contributed by atoms with E-state index in [1.165, 1.54) is 17.8 Å². The van der Waals surface area contributed by atoms with Crippen molar-refractivity contribution in [3.05, 3.63) is 34.4 Å². The zero-order valence-electron chi connectivity index (χ0n) is 8.42. The maximum Gasteiger partial charge on any atom is 0.282 e. The first-order chi connectivity index (χ1) is 7.15. The summed E-state index contributed by atoms with van der Waals surface area (Å²) < 4.78 is 0. The molecule has 0 saturated carbocycles. The first-order valence-electron chi connectivity index (χ1n) is 4.62. The highest BCUT2D eigenvalue weighted by molar-refractivity contribution is 7.99. The third kappa shape index (κ3) is 3.53. The predicted octanol–water partition coefficient (Wildman–Crippen LogP) is 2.32. The van der Waals surface area contributed by atoms with Crippen LogP contribution in [0.5, 0.6) is 0 Å². The number of hydrogen-bond donors (Lipinski definition) is 1. The molecule has 0 amide bonds.